The van der Waals surface area contributed by atoms with Crippen LogP contribution in [0.4, 0.5) is 0 Å². The molecule has 1 heterocycles. The summed E-state index contributed by atoms with van der Waals surface area (Å²) >= 11 is 0. The Balaban J connectivity index is 0.000000187. The third-order valence-corrected chi connectivity index (χ3v) is 0.552. The van der Waals surface area contributed by atoms with Crippen LogP contribution in [-0.4, -0.2) is 24.8 Å². The predicted molar refractivity (Wildman–Crippen MR) is 26.3 cm³/mol. The van der Waals surface area contributed by atoms with Crippen LogP contribution in [0.2, 0.25) is 0 Å². The van der Waals surface area contributed by atoms with Gasteiger partial charge in [-0.05, 0) is 0 Å². The second-order valence-electron chi connectivity index (χ2n) is 1.17. The largest absolute Gasteiger partial charge is 0.483 e. The lowest BCUT2D eigenvalue weighted by Crippen LogP contribution is -2.08. The van der Waals surface area contributed by atoms with Gasteiger partial charge in [-0.25, -0.2) is 9.78 Å². The van der Waals surface area contributed by atoms with Crippen LogP contribution in [0.15, 0.2) is 0 Å². The van der Waals surface area contributed by atoms with Gasteiger partial charge in [0.05, 0.1) is 13.2 Å². The van der Waals surface area contributed by atoms with E-state index in [4.69, 9.17) is 9.90 Å². The quantitative estimate of drug-likeness (QED) is 0.374. The molecule has 0 spiro atoms. The molecule has 1 aliphatic heterocycles. The van der Waals surface area contributed by atoms with Crippen molar-refractivity contribution in [2.24, 2.45) is 0 Å². The van der Waals surface area contributed by atoms with Gasteiger partial charge < -0.3 is 5.11 Å². The highest BCUT2D eigenvalue weighted by atomic mass is 17.5. The Morgan fingerprint density at radius 2 is 1.78 bits per heavy atom. The molecule has 0 bridgehead atoms. The molecule has 1 aliphatic rings. The van der Waals surface area contributed by atoms with Crippen molar-refractivity contribution in [3.05, 3.63) is 0 Å². The summed E-state index contributed by atoms with van der Waals surface area (Å²) in [4.78, 5) is 17.1. The van der Waals surface area contributed by atoms with E-state index in [9.17, 15) is 0 Å². The van der Waals surface area contributed by atoms with E-state index in [1.165, 1.54) is 0 Å². The van der Waals surface area contributed by atoms with Gasteiger partial charge in [-0.3, -0.25) is 4.79 Å². The van der Waals surface area contributed by atoms with Crippen molar-refractivity contribution in [3.63, 3.8) is 0 Å². The van der Waals surface area contributed by atoms with E-state index in [2.05, 4.69) is 14.8 Å². The molecule has 0 aromatic heterocycles. The van der Waals surface area contributed by atoms with Gasteiger partial charge in [0.1, 0.15) is 0 Å². The molecule has 0 unspecified atom stereocenters. The molecule has 1 saturated heterocycles. The second-order valence-corrected chi connectivity index (χ2v) is 1.17. The first-order chi connectivity index (χ1) is 4.41. The zero-order valence-corrected chi connectivity index (χ0v) is 4.78. The predicted octanol–water partition coefficient (Wildman–Crippen LogP) is -0.0293. The maximum atomic E-state index is 8.36. The molecule has 1 N–H and O–H groups in total. The summed E-state index contributed by atoms with van der Waals surface area (Å²) in [5.41, 5.74) is 0. The molecule has 0 aromatic carbocycles. The SMILES string of the molecule is C1COOOC1.O=CO. The smallest absolute Gasteiger partial charge is 0.290 e. The van der Waals surface area contributed by atoms with Gasteiger partial charge in [0.25, 0.3) is 6.47 Å². The fraction of sp³-hybridized carbons (Fsp3) is 0.750. The van der Waals surface area contributed by atoms with Crippen molar-refractivity contribution >= 4 is 6.47 Å². The number of rotatable bonds is 0. The van der Waals surface area contributed by atoms with Crippen LogP contribution in [-0.2, 0) is 19.6 Å². The minimum absolute atomic E-state index is 0.250. The van der Waals surface area contributed by atoms with Crippen molar-refractivity contribution in [3.8, 4) is 0 Å². The molecule has 0 radical (unpaired) electrons. The minimum Gasteiger partial charge on any atom is -0.483 e. The summed E-state index contributed by atoms with van der Waals surface area (Å²) in [7, 11) is 0. The highest BCUT2D eigenvalue weighted by Gasteiger charge is 1.96. The molecule has 0 aromatic rings. The normalized spacial score (nSPS) is 17.3. The van der Waals surface area contributed by atoms with E-state index in [1.54, 1.807) is 0 Å². The van der Waals surface area contributed by atoms with E-state index in [0.29, 0.717) is 13.2 Å². The fourth-order valence-corrected chi connectivity index (χ4v) is 0.279. The van der Waals surface area contributed by atoms with Crippen molar-refractivity contribution < 1.29 is 24.7 Å². The summed E-state index contributed by atoms with van der Waals surface area (Å²) in [6.45, 7) is 1.06. The average Bonchev–Trinajstić information content (AvgIpc) is 1.93. The van der Waals surface area contributed by atoms with Gasteiger partial charge in [-0.15, -0.1) is 0 Å². The lowest BCUT2D eigenvalue weighted by atomic mass is 10.5. The summed E-state index contributed by atoms with van der Waals surface area (Å²) in [6, 6.07) is 0. The van der Waals surface area contributed by atoms with Crippen LogP contribution in [0.1, 0.15) is 6.42 Å². The van der Waals surface area contributed by atoms with E-state index < -0.39 is 0 Å². The minimum atomic E-state index is -0.250. The van der Waals surface area contributed by atoms with Gasteiger partial charge >= 0.3 is 0 Å². The molecular formula is C4H8O5. The Labute approximate surface area is 52.0 Å². The first-order valence-corrected chi connectivity index (χ1v) is 2.40. The third kappa shape index (κ3) is 7.35. The molecule has 1 rings (SSSR count). The van der Waals surface area contributed by atoms with Crippen molar-refractivity contribution in [2.45, 2.75) is 6.42 Å². The maximum absolute atomic E-state index is 8.36. The van der Waals surface area contributed by atoms with Crippen LogP contribution in [0.25, 0.3) is 0 Å². The average molecular weight is 136 g/mol. The Hall–Kier alpha value is -0.650. The number of hydrogen-bond donors (Lipinski definition) is 1. The van der Waals surface area contributed by atoms with Crippen LogP contribution < -0.4 is 0 Å². The first-order valence-electron chi connectivity index (χ1n) is 2.40. The number of carbonyl (C=O) groups is 1. The molecule has 0 amide bonds. The highest BCUT2D eigenvalue weighted by molar-refractivity contribution is 5.32. The first kappa shape index (κ1) is 8.35. The molecule has 5 heteroatoms. The fourth-order valence-electron chi connectivity index (χ4n) is 0.279. The second kappa shape index (κ2) is 7.35. The van der Waals surface area contributed by atoms with Crippen LogP contribution >= 0.6 is 0 Å². The Bertz CT molecular complexity index is 48.5. The van der Waals surface area contributed by atoms with Gasteiger partial charge in [-0.2, -0.15) is 0 Å². The molecule has 54 valence electrons. The summed E-state index contributed by atoms with van der Waals surface area (Å²) in [5, 5.41) is 11.0. The number of hydrogen-bond acceptors (Lipinski definition) is 4. The Morgan fingerprint density at radius 1 is 1.33 bits per heavy atom. The van der Waals surface area contributed by atoms with Gasteiger partial charge in [-0.1, -0.05) is 5.04 Å². The number of carboxylic acid groups (broad SMARTS) is 1. The van der Waals surface area contributed by atoms with Crippen LogP contribution in [0.3, 0.4) is 0 Å². The summed E-state index contributed by atoms with van der Waals surface area (Å²) in [6.07, 6.45) is 0.931. The molecule has 5 nitrogen and oxygen atoms in total. The zero-order valence-electron chi connectivity index (χ0n) is 4.78. The van der Waals surface area contributed by atoms with E-state index in [1.807, 2.05) is 0 Å². The maximum Gasteiger partial charge on any atom is 0.290 e. The molecular weight excluding hydrogens is 128 g/mol. The van der Waals surface area contributed by atoms with E-state index >= 15 is 0 Å². The zero-order chi connectivity index (χ0) is 6.95. The molecule has 0 aliphatic carbocycles. The Kier molecular flexibility index (Phi) is 6.82. The van der Waals surface area contributed by atoms with Gasteiger partial charge in [0, 0.05) is 6.42 Å². The lowest BCUT2D eigenvalue weighted by molar-refractivity contribution is -0.532. The topological polar surface area (TPSA) is 65.0 Å². The van der Waals surface area contributed by atoms with Gasteiger partial charge in [0.15, 0.2) is 0 Å². The standard InChI is InChI=1S/C3H6O3.CH2O2/c1-2-4-6-5-3-1;2-1-3/h1-3H2;1H,(H,2,3). The molecule has 0 atom stereocenters. The lowest BCUT2D eigenvalue weighted by Gasteiger charge is -2.06. The summed E-state index contributed by atoms with van der Waals surface area (Å²) in [5.74, 6) is 0. The van der Waals surface area contributed by atoms with Crippen molar-refractivity contribution in [1.29, 1.82) is 0 Å². The van der Waals surface area contributed by atoms with Crippen LogP contribution in [0.5, 0.6) is 0 Å². The van der Waals surface area contributed by atoms with Crippen LogP contribution in [0, 0.1) is 0 Å². The Morgan fingerprint density at radius 3 is 1.89 bits per heavy atom. The van der Waals surface area contributed by atoms with Crippen molar-refractivity contribution in [2.75, 3.05) is 13.2 Å². The van der Waals surface area contributed by atoms with E-state index in [-0.39, 0.29) is 6.47 Å². The monoisotopic (exact) mass is 136 g/mol. The van der Waals surface area contributed by atoms with Gasteiger partial charge in [0.2, 0.25) is 0 Å². The highest BCUT2D eigenvalue weighted by Crippen LogP contribution is 1.93. The molecule has 9 heavy (non-hydrogen) atoms. The van der Waals surface area contributed by atoms with Crippen molar-refractivity contribution in [1.82, 2.24) is 0 Å². The van der Waals surface area contributed by atoms with E-state index in [0.717, 1.165) is 6.42 Å². The molecule has 0 saturated carbocycles. The third-order valence-electron chi connectivity index (χ3n) is 0.552. The molecule has 1 fully saturated rings. The summed E-state index contributed by atoms with van der Waals surface area (Å²) < 4.78 is 0.